The molecule has 0 saturated carbocycles. The number of anilines is 1. The summed E-state index contributed by atoms with van der Waals surface area (Å²) in [5.74, 6) is -1.18. The lowest BCUT2D eigenvalue weighted by atomic mass is 10.2. The molecule has 0 radical (unpaired) electrons. The van der Waals surface area contributed by atoms with Crippen molar-refractivity contribution in [2.45, 2.75) is 4.90 Å². The van der Waals surface area contributed by atoms with E-state index < -0.39 is 16.0 Å². The maximum Gasteiger partial charge on any atom is 0.335 e. The molecule has 0 aliphatic carbocycles. The van der Waals surface area contributed by atoms with Crippen LogP contribution in [0.3, 0.4) is 0 Å². The van der Waals surface area contributed by atoms with Crippen LogP contribution in [0, 0.1) is 0 Å². The van der Waals surface area contributed by atoms with Crippen molar-refractivity contribution in [2.75, 3.05) is 5.43 Å². The third-order valence-electron chi connectivity index (χ3n) is 2.49. The third-order valence-corrected chi connectivity index (χ3v) is 3.74. The van der Waals surface area contributed by atoms with Gasteiger partial charge in [-0.15, -0.1) is 4.83 Å². The van der Waals surface area contributed by atoms with Crippen LogP contribution in [-0.2, 0) is 10.0 Å². The first kappa shape index (κ1) is 14.0. The standard InChI is InChI=1S/C13H12N2O4S/c16-13(17)10-5-4-8-12(9-10)20(18,19)15-14-11-6-2-1-3-7-11/h1-9,14-15H,(H,16,17). The van der Waals surface area contributed by atoms with Gasteiger partial charge in [0.1, 0.15) is 0 Å². The second-order valence-corrected chi connectivity index (χ2v) is 5.61. The van der Waals surface area contributed by atoms with Gasteiger partial charge in [0.2, 0.25) is 0 Å². The molecule has 0 fully saturated rings. The Kier molecular flexibility index (Phi) is 4.02. The predicted octanol–water partition coefficient (Wildman–Crippen LogP) is 1.69. The Morgan fingerprint density at radius 3 is 2.35 bits per heavy atom. The van der Waals surface area contributed by atoms with Gasteiger partial charge in [0, 0.05) is 5.69 Å². The molecule has 0 aliphatic heterocycles. The van der Waals surface area contributed by atoms with Gasteiger partial charge in [0.25, 0.3) is 10.0 Å². The fourth-order valence-electron chi connectivity index (χ4n) is 1.50. The number of carboxylic acid groups (broad SMARTS) is 1. The lowest BCUT2D eigenvalue weighted by Crippen LogP contribution is -2.29. The van der Waals surface area contributed by atoms with E-state index in [0.29, 0.717) is 5.69 Å². The number of carbonyl (C=O) groups is 1. The fourth-order valence-corrected chi connectivity index (χ4v) is 2.41. The van der Waals surface area contributed by atoms with E-state index in [1.807, 2.05) is 0 Å². The van der Waals surface area contributed by atoms with E-state index in [4.69, 9.17) is 5.11 Å². The summed E-state index contributed by atoms with van der Waals surface area (Å²) in [7, 11) is -3.84. The Labute approximate surface area is 116 Å². The van der Waals surface area contributed by atoms with E-state index in [1.54, 1.807) is 30.3 Å². The molecule has 7 heteroatoms. The van der Waals surface area contributed by atoms with Crippen LogP contribution in [0.1, 0.15) is 10.4 Å². The van der Waals surface area contributed by atoms with Crippen LogP contribution >= 0.6 is 0 Å². The van der Waals surface area contributed by atoms with Crippen LogP contribution in [0.15, 0.2) is 59.5 Å². The highest BCUT2D eigenvalue weighted by Crippen LogP contribution is 2.12. The molecule has 0 saturated heterocycles. The first-order valence-corrected chi connectivity index (χ1v) is 7.13. The van der Waals surface area contributed by atoms with Gasteiger partial charge in [-0.2, -0.15) is 0 Å². The quantitative estimate of drug-likeness (QED) is 0.729. The second kappa shape index (κ2) is 5.72. The summed E-state index contributed by atoms with van der Waals surface area (Å²) >= 11 is 0. The molecule has 0 bridgehead atoms. The molecule has 0 spiro atoms. The molecule has 6 nitrogen and oxygen atoms in total. The van der Waals surface area contributed by atoms with Crippen molar-refractivity contribution < 1.29 is 18.3 Å². The molecule has 3 N–H and O–H groups in total. The number of hydrogen-bond donors (Lipinski definition) is 3. The molecule has 0 unspecified atom stereocenters. The number of aromatic carboxylic acids is 1. The Morgan fingerprint density at radius 1 is 1.00 bits per heavy atom. The number of para-hydroxylation sites is 1. The maximum atomic E-state index is 12.0. The monoisotopic (exact) mass is 292 g/mol. The van der Waals surface area contributed by atoms with Crippen molar-refractivity contribution >= 4 is 21.7 Å². The third kappa shape index (κ3) is 3.34. The number of benzene rings is 2. The van der Waals surface area contributed by atoms with Crippen molar-refractivity contribution in [3.8, 4) is 0 Å². The van der Waals surface area contributed by atoms with Gasteiger partial charge in [-0.3, -0.25) is 0 Å². The van der Waals surface area contributed by atoms with Crippen molar-refractivity contribution in [1.82, 2.24) is 4.83 Å². The molecular formula is C13H12N2O4S. The van der Waals surface area contributed by atoms with E-state index in [2.05, 4.69) is 10.3 Å². The van der Waals surface area contributed by atoms with Gasteiger partial charge < -0.3 is 10.5 Å². The molecular weight excluding hydrogens is 280 g/mol. The molecule has 2 aromatic carbocycles. The van der Waals surface area contributed by atoms with Gasteiger partial charge in [0.05, 0.1) is 10.5 Å². The van der Waals surface area contributed by atoms with E-state index in [9.17, 15) is 13.2 Å². The van der Waals surface area contributed by atoms with Crippen LogP contribution in [0.25, 0.3) is 0 Å². The lowest BCUT2D eigenvalue weighted by Gasteiger charge is -2.09. The minimum absolute atomic E-state index is 0.0902. The molecule has 20 heavy (non-hydrogen) atoms. The molecule has 0 aromatic heterocycles. The van der Waals surface area contributed by atoms with Crippen LogP contribution in [-0.4, -0.2) is 19.5 Å². The van der Waals surface area contributed by atoms with Gasteiger partial charge in [-0.1, -0.05) is 24.3 Å². The topological polar surface area (TPSA) is 95.5 Å². The van der Waals surface area contributed by atoms with E-state index in [0.717, 1.165) is 6.07 Å². The minimum Gasteiger partial charge on any atom is -0.478 e. The van der Waals surface area contributed by atoms with Crippen molar-refractivity contribution in [3.05, 3.63) is 60.2 Å². The zero-order valence-corrected chi connectivity index (χ0v) is 11.1. The average Bonchev–Trinajstić information content (AvgIpc) is 2.46. The summed E-state index contributed by atoms with van der Waals surface area (Å²) in [4.78, 5) is 12.9. The Bertz CT molecular complexity index is 714. The highest BCUT2D eigenvalue weighted by molar-refractivity contribution is 7.89. The zero-order chi connectivity index (χ0) is 14.6. The molecule has 104 valence electrons. The van der Waals surface area contributed by atoms with E-state index in [1.165, 1.54) is 18.2 Å². The summed E-state index contributed by atoms with van der Waals surface area (Å²) in [6.07, 6.45) is 0. The first-order chi connectivity index (χ1) is 9.49. The van der Waals surface area contributed by atoms with Gasteiger partial charge >= 0.3 is 5.97 Å². The second-order valence-electron chi connectivity index (χ2n) is 3.93. The molecule has 2 rings (SSSR count). The van der Waals surface area contributed by atoms with Gasteiger partial charge in [-0.25, -0.2) is 13.2 Å². The van der Waals surface area contributed by atoms with Crippen LogP contribution in [0.2, 0.25) is 0 Å². The molecule has 0 aliphatic rings. The molecule has 0 heterocycles. The zero-order valence-electron chi connectivity index (χ0n) is 10.3. The fraction of sp³-hybridized carbons (Fsp3) is 0. The van der Waals surface area contributed by atoms with Crippen molar-refractivity contribution in [3.63, 3.8) is 0 Å². The Morgan fingerprint density at radius 2 is 1.70 bits per heavy atom. The van der Waals surface area contributed by atoms with Crippen LogP contribution < -0.4 is 10.3 Å². The number of hydrogen-bond acceptors (Lipinski definition) is 4. The van der Waals surface area contributed by atoms with Gasteiger partial charge in [-0.05, 0) is 30.3 Å². The summed E-state index contributed by atoms with van der Waals surface area (Å²) in [6, 6.07) is 13.8. The summed E-state index contributed by atoms with van der Waals surface area (Å²) in [5.41, 5.74) is 3.03. The Hall–Kier alpha value is -2.38. The number of rotatable bonds is 5. The number of carboxylic acids is 1. The van der Waals surface area contributed by atoms with Crippen molar-refractivity contribution in [1.29, 1.82) is 0 Å². The Balaban J connectivity index is 2.18. The van der Waals surface area contributed by atoms with E-state index >= 15 is 0 Å². The predicted molar refractivity (Wildman–Crippen MR) is 73.8 cm³/mol. The highest BCUT2D eigenvalue weighted by Gasteiger charge is 2.15. The smallest absolute Gasteiger partial charge is 0.335 e. The maximum absolute atomic E-state index is 12.0. The summed E-state index contributed by atoms with van der Waals surface area (Å²) < 4.78 is 24.0. The number of nitrogens with one attached hydrogen (secondary N) is 2. The van der Waals surface area contributed by atoms with Gasteiger partial charge in [0.15, 0.2) is 0 Å². The molecule has 0 amide bonds. The average molecular weight is 292 g/mol. The summed E-state index contributed by atoms with van der Waals surface area (Å²) in [5, 5.41) is 8.85. The van der Waals surface area contributed by atoms with Crippen molar-refractivity contribution in [2.24, 2.45) is 0 Å². The van der Waals surface area contributed by atoms with Crippen LogP contribution in [0.5, 0.6) is 0 Å². The lowest BCUT2D eigenvalue weighted by molar-refractivity contribution is 0.0696. The minimum atomic E-state index is -3.84. The molecule has 0 atom stereocenters. The highest BCUT2D eigenvalue weighted by atomic mass is 32.2. The largest absolute Gasteiger partial charge is 0.478 e. The number of hydrazine groups is 1. The first-order valence-electron chi connectivity index (χ1n) is 5.65. The SMILES string of the molecule is O=C(O)c1cccc(S(=O)(=O)NNc2ccccc2)c1. The summed E-state index contributed by atoms with van der Waals surface area (Å²) in [6.45, 7) is 0. The molecule has 2 aromatic rings. The normalized spacial score (nSPS) is 11.0. The number of sulfonamides is 1. The van der Waals surface area contributed by atoms with Crippen LogP contribution in [0.4, 0.5) is 5.69 Å². The van der Waals surface area contributed by atoms with E-state index in [-0.39, 0.29) is 10.5 Å².